The topological polar surface area (TPSA) is 101 Å². The number of carbonyl (C=O) groups is 1. The third kappa shape index (κ3) is 5.19. The number of aryl methyl sites for hydroxylation is 1. The molecule has 1 fully saturated rings. The van der Waals surface area contributed by atoms with Gasteiger partial charge in [-0.3, -0.25) is 9.69 Å². The maximum atomic E-state index is 12.7. The first-order valence-corrected chi connectivity index (χ1v) is 10.5. The minimum Gasteiger partial charge on any atom is -0.484 e. The maximum absolute atomic E-state index is 12.7. The fraction of sp³-hybridized carbons (Fsp3) is 0.333. The lowest BCUT2D eigenvalue weighted by atomic mass is 10.1. The smallest absolute Gasteiger partial charge is 0.287 e. The number of amides is 1. The molecule has 166 valence electrons. The summed E-state index contributed by atoms with van der Waals surface area (Å²) >= 11 is 0. The third-order valence-electron chi connectivity index (χ3n) is 5.29. The molecule has 0 saturated carbocycles. The van der Waals surface area contributed by atoms with Crippen LogP contribution in [0.15, 0.2) is 57.4 Å². The first-order valence-electron chi connectivity index (χ1n) is 10.5. The van der Waals surface area contributed by atoms with Crippen molar-refractivity contribution in [3.05, 3.63) is 77.1 Å². The number of nitrogens with one attached hydrogen (secondary N) is 1. The second kappa shape index (κ2) is 10.2. The van der Waals surface area contributed by atoms with Gasteiger partial charge in [-0.15, -0.1) is 0 Å². The van der Waals surface area contributed by atoms with Crippen LogP contribution in [-0.4, -0.2) is 43.7 Å². The number of benzene rings is 1. The van der Waals surface area contributed by atoms with Crippen LogP contribution in [0.4, 0.5) is 0 Å². The summed E-state index contributed by atoms with van der Waals surface area (Å²) in [5.74, 6) is 2.50. The van der Waals surface area contributed by atoms with E-state index in [1.165, 1.54) is 0 Å². The molecule has 1 saturated heterocycles. The van der Waals surface area contributed by atoms with E-state index in [1.807, 2.05) is 19.1 Å². The number of hydrogen-bond donors (Lipinski definition) is 1. The molecule has 1 aromatic carbocycles. The summed E-state index contributed by atoms with van der Waals surface area (Å²) in [5, 5.41) is 12.1. The Morgan fingerprint density at radius 2 is 1.97 bits per heavy atom. The van der Waals surface area contributed by atoms with E-state index >= 15 is 0 Å². The highest BCUT2D eigenvalue weighted by molar-refractivity contribution is 5.91. The average Bonchev–Trinajstić information content (AvgIpc) is 3.48. The van der Waals surface area contributed by atoms with E-state index in [2.05, 4.69) is 16.3 Å². The molecule has 1 unspecified atom stereocenters. The summed E-state index contributed by atoms with van der Waals surface area (Å²) < 4.78 is 22.6. The summed E-state index contributed by atoms with van der Waals surface area (Å²) in [6.07, 6.45) is 0. The highest BCUT2D eigenvalue weighted by Crippen LogP contribution is 2.24. The molecule has 8 nitrogen and oxygen atoms in total. The van der Waals surface area contributed by atoms with Gasteiger partial charge in [-0.2, -0.15) is 5.26 Å². The van der Waals surface area contributed by atoms with Crippen LogP contribution in [0.1, 0.15) is 39.4 Å². The largest absolute Gasteiger partial charge is 0.484 e. The molecule has 8 heteroatoms. The second-order valence-corrected chi connectivity index (χ2v) is 7.49. The first-order chi connectivity index (χ1) is 15.6. The highest BCUT2D eigenvalue weighted by atomic mass is 16.5. The zero-order chi connectivity index (χ0) is 22.3. The number of ether oxygens (including phenoxy) is 2. The van der Waals surface area contributed by atoms with Crippen molar-refractivity contribution in [2.45, 2.75) is 19.6 Å². The number of para-hydroxylation sites is 1. The van der Waals surface area contributed by atoms with E-state index in [0.29, 0.717) is 36.8 Å². The summed E-state index contributed by atoms with van der Waals surface area (Å²) in [6, 6.07) is 16.1. The Hall–Kier alpha value is -3.54. The Bertz CT molecular complexity index is 1090. The van der Waals surface area contributed by atoms with E-state index in [4.69, 9.17) is 23.6 Å². The molecule has 1 aliphatic rings. The van der Waals surface area contributed by atoms with Gasteiger partial charge in [0.2, 0.25) is 0 Å². The normalized spacial score (nSPS) is 15.1. The Morgan fingerprint density at radius 1 is 1.16 bits per heavy atom. The predicted octanol–water partition coefficient (Wildman–Crippen LogP) is 3.44. The molecule has 1 N–H and O–H groups in total. The zero-order valence-corrected chi connectivity index (χ0v) is 17.9. The summed E-state index contributed by atoms with van der Waals surface area (Å²) in [5.41, 5.74) is 0.444. The van der Waals surface area contributed by atoms with E-state index in [9.17, 15) is 4.79 Å². The van der Waals surface area contributed by atoms with Crippen molar-refractivity contribution in [3.8, 4) is 11.8 Å². The van der Waals surface area contributed by atoms with Gasteiger partial charge in [0.05, 0.1) is 24.8 Å². The van der Waals surface area contributed by atoms with Crippen molar-refractivity contribution in [1.82, 2.24) is 10.2 Å². The monoisotopic (exact) mass is 435 g/mol. The molecule has 0 bridgehead atoms. The number of nitrogens with zero attached hydrogens (tertiary/aromatic N) is 2. The first kappa shape index (κ1) is 21.7. The Kier molecular flexibility index (Phi) is 6.90. The minimum atomic E-state index is -0.310. The van der Waals surface area contributed by atoms with E-state index in [1.54, 1.807) is 36.4 Å². The Labute approximate surface area is 186 Å². The van der Waals surface area contributed by atoms with Crippen molar-refractivity contribution >= 4 is 5.91 Å². The van der Waals surface area contributed by atoms with Crippen molar-refractivity contribution in [2.24, 2.45) is 0 Å². The molecule has 0 aliphatic carbocycles. The van der Waals surface area contributed by atoms with Crippen LogP contribution < -0.4 is 10.1 Å². The van der Waals surface area contributed by atoms with Crippen molar-refractivity contribution in [1.29, 1.82) is 5.26 Å². The molecule has 32 heavy (non-hydrogen) atoms. The average molecular weight is 435 g/mol. The van der Waals surface area contributed by atoms with Gasteiger partial charge in [-0.1, -0.05) is 12.1 Å². The van der Waals surface area contributed by atoms with Crippen LogP contribution in [-0.2, 0) is 11.3 Å². The van der Waals surface area contributed by atoms with Crippen LogP contribution in [0.3, 0.4) is 0 Å². The molecule has 0 spiro atoms. The van der Waals surface area contributed by atoms with Gasteiger partial charge in [0.25, 0.3) is 5.91 Å². The van der Waals surface area contributed by atoms with Gasteiger partial charge >= 0.3 is 0 Å². The maximum Gasteiger partial charge on any atom is 0.287 e. The number of rotatable bonds is 8. The van der Waals surface area contributed by atoms with Gasteiger partial charge in [0, 0.05) is 19.6 Å². The van der Waals surface area contributed by atoms with Crippen LogP contribution in [0.2, 0.25) is 0 Å². The van der Waals surface area contributed by atoms with Crippen molar-refractivity contribution in [2.75, 3.05) is 32.8 Å². The quantitative estimate of drug-likeness (QED) is 0.578. The molecule has 1 atom stereocenters. The van der Waals surface area contributed by atoms with Gasteiger partial charge < -0.3 is 23.6 Å². The molecule has 2 aromatic heterocycles. The van der Waals surface area contributed by atoms with Gasteiger partial charge in [-0.05, 0) is 43.3 Å². The molecule has 3 aromatic rings. The number of morpholine rings is 1. The molecule has 1 amide bonds. The molecule has 3 heterocycles. The van der Waals surface area contributed by atoms with E-state index in [-0.39, 0.29) is 24.3 Å². The van der Waals surface area contributed by atoms with Gasteiger partial charge in [0.1, 0.15) is 35.7 Å². The van der Waals surface area contributed by atoms with Crippen LogP contribution >= 0.6 is 0 Å². The Balaban J connectivity index is 1.36. The molecular formula is C24H25N3O5. The summed E-state index contributed by atoms with van der Waals surface area (Å²) in [6.45, 7) is 5.25. The molecule has 0 radical (unpaired) electrons. The SMILES string of the molecule is Cc1ccc(C(CNC(=O)c2ccc(COc3ccccc3C#N)o2)N2CCOCC2)o1. The highest BCUT2D eigenvalue weighted by Gasteiger charge is 2.26. The number of carbonyl (C=O) groups excluding carboxylic acids is 1. The fourth-order valence-electron chi connectivity index (χ4n) is 3.62. The molecule has 1 aliphatic heterocycles. The van der Waals surface area contributed by atoms with Crippen molar-refractivity contribution in [3.63, 3.8) is 0 Å². The van der Waals surface area contributed by atoms with Crippen molar-refractivity contribution < 1.29 is 23.1 Å². The number of hydrogen-bond acceptors (Lipinski definition) is 7. The van der Waals surface area contributed by atoms with Crippen LogP contribution in [0.25, 0.3) is 0 Å². The van der Waals surface area contributed by atoms with E-state index < -0.39 is 0 Å². The van der Waals surface area contributed by atoms with E-state index in [0.717, 1.165) is 24.6 Å². The van der Waals surface area contributed by atoms with Gasteiger partial charge in [0.15, 0.2) is 5.76 Å². The van der Waals surface area contributed by atoms with Crippen LogP contribution in [0.5, 0.6) is 5.75 Å². The lowest BCUT2D eigenvalue weighted by Crippen LogP contribution is -2.43. The predicted molar refractivity (Wildman–Crippen MR) is 115 cm³/mol. The number of furan rings is 2. The molecular weight excluding hydrogens is 410 g/mol. The zero-order valence-electron chi connectivity index (χ0n) is 17.9. The Morgan fingerprint density at radius 3 is 2.72 bits per heavy atom. The molecule has 4 rings (SSSR count). The fourth-order valence-corrected chi connectivity index (χ4v) is 3.62. The lowest BCUT2D eigenvalue weighted by molar-refractivity contribution is 0.0116. The third-order valence-corrected chi connectivity index (χ3v) is 5.29. The standard InChI is InChI=1S/C24H25N3O5/c1-17-6-8-22(31-17)20(27-10-12-29-13-11-27)15-26-24(28)23-9-7-19(32-23)16-30-21-5-3-2-4-18(21)14-25/h2-9,20H,10-13,15-16H2,1H3,(H,26,28). The summed E-state index contributed by atoms with van der Waals surface area (Å²) in [4.78, 5) is 14.9. The van der Waals surface area contributed by atoms with Crippen LogP contribution in [0, 0.1) is 18.3 Å². The summed E-state index contributed by atoms with van der Waals surface area (Å²) in [7, 11) is 0. The number of nitriles is 1. The second-order valence-electron chi connectivity index (χ2n) is 7.49. The van der Waals surface area contributed by atoms with Gasteiger partial charge in [-0.25, -0.2) is 0 Å². The lowest BCUT2D eigenvalue weighted by Gasteiger charge is -2.33. The minimum absolute atomic E-state index is 0.0863.